The van der Waals surface area contributed by atoms with Crippen molar-refractivity contribution in [3.05, 3.63) is 23.8 Å². The molecular weight excluding hydrogens is 268 g/mol. The zero-order valence-corrected chi connectivity index (χ0v) is 13.6. The highest BCUT2D eigenvalue weighted by Crippen LogP contribution is 2.28. The molecule has 1 aromatic carbocycles. The van der Waals surface area contributed by atoms with Gasteiger partial charge in [-0.25, -0.2) is 0 Å². The second-order valence-electron chi connectivity index (χ2n) is 5.15. The van der Waals surface area contributed by atoms with Crippen molar-refractivity contribution in [2.24, 2.45) is 0 Å². The van der Waals surface area contributed by atoms with Crippen LogP contribution in [0.4, 0.5) is 0 Å². The first-order valence-electron chi connectivity index (χ1n) is 7.25. The van der Waals surface area contributed by atoms with Gasteiger partial charge in [0, 0.05) is 19.6 Å². The van der Waals surface area contributed by atoms with E-state index in [4.69, 9.17) is 9.47 Å². The second-order valence-corrected chi connectivity index (χ2v) is 5.15. The number of rotatable bonds is 8. The number of carbonyl (C=O) groups excluding carboxylic acids is 1. The summed E-state index contributed by atoms with van der Waals surface area (Å²) in [7, 11) is 3.37. The van der Waals surface area contributed by atoms with Crippen molar-refractivity contribution in [3.63, 3.8) is 0 Å². The molecule has 1 N–H and O–H groups in total. The summed E-state index contributed by atoms with van der Waals surface area (Å²) in [4.78, 5) is 13.6. The first kappa shape index (κ1) is 17.3. The predicted molar refractivity (Wildman–Crippen MR) is 83.8 cm³/mol. The lowest BCUT2D eigenvalue weighted by atomic mass is 10.2. The minimum atomic E-state index is -0.0521. The van der Waals surface area contributed by atoms with Crippen LogP contribution in [0.2, 0.25) is 0 Å². The van der Waals surface area contributed by atoms with Gasteiger partial charge in [-0.3, -0.25) is 4.79 Å². The number of amides is 1. The topological polar surface area (TPSA) is 50.8 Å². The number of carbonyl (C=O) groups is 1. The molecule has 0 unspecified atom stereocenters. The average molecular weight is 294 g/mol. The zero-order chi connectivity index (χ0) is 15.8. The number of likely N-dealkylation sites (N-methyl/N-ethyl adjacent to an activating group) is 1. The van der Waals surface area contributed by atoms with Gasteiger partial charge in [0.15, 0.2) is 18.1 Å². The molecule has 1 rings (SSSR count). The summed E-state index contributed by atoms with van der Waals surface area (Å²) >= 11 is 0. The highest BCUT2D eigenvalue weighted by atomic mass is 16.5. The summed E-state index contributed by atoms with van der Waals surface area (Å²) in [5, 5.41) is 3.26. The number of ether oxygens (including phenoxy) is 2. The molecule has 0 atom stereocenters. The fraction of sp³-hybridized carbons (Fsp3) is 0.562. The van der Waals surface area contributed by atoms with Crippen LogP contribution in [0.1, 0.15) is 26.3 Å². The van der Waals surface area contributed by atoms with E-state index >= 15 is 0 Å². The van der Waals surface area contributed by atoms with Crippen LogP contribution in [0.5, 0.6) is 11.5 Å². The summed E-state index contributed by atoms with van der Waals surface area (Å²) in [5.74, 6) is 1.18. The van der Waals surface area contributed by atoms with E-state index in [1.165, 1.54) is 0 Å². The molecule has 1 amide bonds. The molecule has 0 saturated heterocycles. The molecule has 118 valence electrons. The Balaban J connectivity index is 2.68. The van der Waals surface area contributed by atoms with Gasteiger partial charge in [0.05, 0.1) is 7.11 Å². The van der Waals surface area contributed by atoms with E-state index in [0.717, 1.165) is 18.7 Å². The standard InChI is InChI=1S/C16H26N2O3/c1-6-17-10-13-7-8-14(15(9-13)20-5)21-11-16(19)18(4)12(2)3/h7-9,12,17H,6,10-11H2,1-5H3. The molecule has 0 heterocycles. The van der Waals surface area contributed by atoms with Crippen molar-refractivity contribution < 1.29 is 14.3 Å². The van der Waals surface area contributed by atoms with Crippen LogP contribution in [-0.4, -0.2) is 44.2 Å². The third-order valence-electron chi connectivity index (χ3n) is 3.33. The van der Waals surface area contributed by atoms with E-state index < -0.39 is 0 Å². The van der Waals surface area contributed by atoms with Crippen molar-refractivity contribution >= 4 is 5.91 Å². The Labute approximate surface area is 127 Å². The molecule has 0 aromatic heterocycles. The first-order valence-corrected chi connectivity index (χ1v) is 7.25. The van der Waals surface area contributed by atoms with Gasteiger partial charge in [0.25, 0.3) is 5.91 Å². The van der Waals surface area contributed by atoms with E-state index in [1.807, 2.05) is 32.0 Å². The molecular formula is C16H26N2O3. The number of methoxy groups -OCH3 is 1. The van der Waals surface area contributed by atoms with E-state index in [0.29, 0.717) is 11.5 Å². The second kappa shape index (κ2) is 8.52. The van der Waals surface area contributed by atoms with Crippen molar-refractivity contribution in [1.82, 2.24) is 10.2 Å². The molecule has 0 saturated carbocycles. The van der Waals surface area contributed by atoms with Gasteiger partial charge >= 0.3 is 0 Å². The van der Waals surface area contributed by atoms with Crippen molar-refractivity contribution in [1.29, 1.82) is 0 Å². The lowest BCUT2D eigenvalue weighted by molar-refractivity contribution is -0.133. The number of benzene rings is 1. The Kier molecular flexibility index (Phi) is 7.02. The summed E-state index contributed by atoms with van der Waals surface area (Å²) in [6.45, 7) is 7.70. The third-order valence-corrected chi connectivity index (χ3v) is 3.33. The lowest BCUT2D eigenvalue weighted by Gasteiger charge is -2.21. The van der Waals surface area contributed by atoms with Gasteiger partial charge in [0.2, 0.25) is 0 Å². The van der Waals surface area contributed by atoms with Gasteiger partial charge in [0.1, 0.15) is 0 Å². The maximum atomic E-state index is 11.9. The van der Waals surface area contributed by atoms with E-state index in [2.05, 4.69) is 12.2 Å². The molecule has 0 fully saturated rings. The predicted octanol–water partition coefficient (Wildman–Crippen LogP) is 2.05. The molecule has 5 heteroatoms. The fourth-order valence-corrected chi connectivity index (χ4v) is 1.74. The monoisotopic (exact) mass is 294 g/mol. The Bertz CT molecular complexity index is 461. The van der Waals surface area contributed by atoms with Gasteiger partial charge in [-0.1, -0.05) is 13.0 Å². The van der Waals surface area contributed by atoms with Crippen LogP contribution in [0.25, 0.3) is 0 Å². The molecule has 0 spiro atoms. The summed E-state index contributed by atoms with van der Waals surface area (Å²) in [6, 6.07) is 5.89. The highest BCUT2D eigenvalue weighted by molar-refractivity contribution is 5.77. The van der Waals surface area contributed by atoms with Crippen LogP contribution < -0.4 is 14.8 Å². The summed E-state index contributed by atoms with van der Waals surface area (Å²) < 4.78 is 10.9. The van der Waals surface area contributed by atoms with Gasteiger partial charge in [-0.2, -0.15) is 0 Å². The van der Waals surface area contributed by atoms with Gasteiger partial charge in [-0.05, 0) is 38.1 Å². The molecule has 0 bridgehead atoms. The minimum absolute atomic E-state index is 0.0115. The normalized spacial score (nSPS) is 10.6. The Morgan fingerprint density at radius 2 is 2.05 bits per heavy atom. The summed E-state index contributed by atoms with van der Waals surface area (Å²) in [6.07, 6.45) is 0. The quantitative estimate of drug-likeness (QED) is 0.797. The number of hydrogen-bond acceptors (Lipinski definition) is 4. The molecule has 0 aliphatic heterocycles. The fourth-order valence-electron chi connectivity index (χ4n) is 1.74. The smallest absolute Gasteiger partial charge is 0.260 e. The maximum absolute atomic E-state index is 11.9. The average Bonchev–Trinajstić information content (AvgIpc) is 2.49. The highest BCUT2D eigenvalue weighted by Gasteiger charge is 2.14. The Morgan fingerprint density at radius 3 is 2.62 bits per heavy atom. The number of hydrogen-bond donors (Lipinski definition) is 1. The largest absolute Gasteiger partial charge is 0.493 e. The van der Waals surface area contributed by atoms with E-state index in [1.54, 1.807) is 19.1 Å². The first-order chi connectivity index (χ1) is 9.99. The van der Waals surface area contributed by atoms with Crippen molar-refractivity contribution in [2.75, 3.05) is 27.3 Å². The Hall–Kier alpha value is -1.75. The molecule has 0 aliphatic rings. The SMILES string of the molecule is CCNCc1ccc(OCC(=O)N(C)C(C)C)c(OC)c1. The molecule has 5 nitrogen and oxygen atoms in total. The number of nitrogens with zero attached hydrogens (tertiary/aromatic N) is 1. The van der Waals surface area contributed by atoms with Crippen LogP contribution in [0, 0.1) is 0 Å². The lowest BCUT2D eigenvalue weighted by Crippen LogP contribution is -2.36. The molecule has 1 aromatic rings. The van der Waals surface area contributed by atoms with Crippen LogP contribution in [0.3, 0.4) is 0 Å². The third kappa shape index (κ3) is 5.27. The van der Waals surface area contributed by atoms with Crippen molar-refractivity contribution in [3.8, 4) is 11.5 Å². The van der Waals surface area contributed by atoms with Crippen LogP contribution in [0.15, 0.2) is 18.2 Å². The number of nitrogens with one attached hydrogen (secondary N) is 1. The van der Waals surface area contributed by atoms with E-state index in [9.17, 15) is 4.79 Å². The minimum Gasteiger partial charge on any atom is -0.493 e. The summed E-state index contributed by atoms with van der Waals surface area (Å²) in [5.41, 5.74) is 1.12. The zero-order valence-electron chi connectivity index (χ0n) is 13.6. The molecule has 0 aliphatic carbocycles. The van der Waals surface area contributed by atoms with E-state index in [-0.39, 0.29) is 18.6 Å². The van der Waals surface area contributed by atoms with Crippen LogP contribution in [-0.2, 0) is 11.3 Å². The van der Waals surface area contributed by atoms with Gasteiger partial charge in [-0.15, -0.1) is 0 Å². The van der Waals surface area contributed by atoms with Gasteiger partial charge < -0.3 is 19.7 Å². The molecule has 0 radical (unpaired) electrons. The Morgan fingerprint density at radius 1 is 1.33 bits per heavy atom. The van der Waals surface area contributed by atoms with Crippen molar-refractivity contribution in [2.45, 2.75) is 33.4 Å². The molecule has 21 heavy (non-hydrogen) atoms. The van der Waals surface area contributed by atoms with Crippen LogP contribution >= 0.6 is 0 Å². The maximum Gasteiger partial charge on any atom is 0.260 e.